The Labute approximate surface area is 166 Å². The summed E-state index contributed by atoms with van der Waals surface area (Å²) in [5, 5.41) is 2.96. The second-order valence-electron chi connectivity index (χ2n) is 7.44. The molecule has 0 bridgehead atoms. The first kappa shape index (κ1) is 18.5. The number of carbonyl (C=O) groups is 1. The van der Waals surface area contributed by atoms with Gasteiger partial charge in [0.1, 0.15) is 0 Å². The van der Waals surface area contributed by atoms with Gasteiger partial charge in [-0.2, -0.15) is 0 Å². The maximum absolute atomic E-state index is 12.6. The van der Waals surface area contributed by atoms with Crippen LogP contribution in [0.4, 0.5) is 17.2 Å². The third-order valence-corrected chi connectivity index (χ3v) is 5.50. The van der Waals surface area contributed by atoms with Gasteiger partial charge in [-0.25, -0.2) is 4.98 Å². The molecule has 144 valence electrons. The highest BCUT2D eigenvalue weighted by Crippen LogP contribution is 2.35. The van der Waals surface area contributed by atoms with E-state index >= 15 is 0 Å². The first-order chi connectivity index (χ1) is 13.7. The molecule has 2 aliphatic rings. The number of hydrogen-bond acceptors (Lipinski definition) is 4. The van der Waals surface area contributed by atoms with Gasteiger partial charge in [0.25, 0.3) is 5.91 Å². The Balaban J connectivity index is 1.54. The highest BCUT2D eigenvalue weighted by molar-refractivity contribution is 6.12. The van der Waals surface area contributed by atoms with Crippen molar-refractivity contribution in [2.75, 3.05) is 29.9 Å². The van der Waals surface area contributed by atoms with Gasteiger partial charge in [-0.3, -0.25) is 9.69 Å². The van der Waals surface area contributed by atoms with Gasteiger partial charge in [0.2, 0.25) is 0 Å². The van der Waals surface area contributed by atoms with E-state index in [2.05, 4.69) is 34.0 Å². The van der Waals surface area contributed by atoms with Crippen LogP contribution in [-0.4, -0.2) is 41.5 Å². The molecule has 1 amide bonds. The summed E-state index contributed by atoms with van der Waals surface area (Å²) < 4.78 is 0. The minimum Gasteiger partial charge on any atom is -0.319 e. The summed E-state index contributed by atoms with van der Waals surface area (Å²) in [6.07, 6.45) is 6.56. The highest BCUT2D eigenvalue weighted by Gasteiger charge is 2.25. The summed E-state index contributed by atoms with van der Waals surface area (Å²) in [4.78, 5) is 21.7. The van der Waals surface area contributed by atoms with Crippen LogP contribution in [0.3, 0.4) is 0 Å². The number of hydrogen-bond donors (Lipinski definition) is 1. The maximum Gasteiger partial charge on any atom is 0.257 e. The van der Waals surface area contributed by atoms with Gasteiger partial charge in [0, 0.05) is 18.7 Å². The molecule has 0 spiro atoms. The van der Waals surface area contributed by atoms with Crippen molar-refractivity contribution in [3.8, 4) is 11.8 Å². The van der Waals surface area contributed by atoms with Crippen molar-refractivity contribution < 1.29 is 4.79 Å². The molecular weight excluding hydrogens is 348 g/mol. The molecule has 5 heteroatoms. The summed E-state index contributed by atoms with van der Waals surface area (Å²) in [6, 6.07) is 11.8. The van der Waals surface area contributed by atoms with E-state index in [4.69, 9.17) is 0 Å². The molecule has 1 fully saturated rings. The number of piperidine rings is 1. The van der Waals surface area contributed by atoms with Crippen molar-refractivity contribution in [3.05, 3.63) is 48.2 Å². The maximum atomic E-state index is 12.6. The van der Waals surface area contributed by atoms with Crippen LogP contribution in [0.25, 0.3) is 0 Å². The number of amides is 1. The minimum atomic E-state index is -0.112. The normalized spacial score (nSPS) is 17.5. The van der Waals surface area contributed by atoms with Gasteiger partial charge in [-0.15, -0.1) is 0 Å². The number of benzene rings is 1. The number of pyridine rings is 1. The van der Waals surface area contributed by atoms with Crippen molar-refractivity contribution in [2.45, 2.75) is 38.6 Å². The predicted molar refractivity (Wildman–Crippen MR) is 113 cm³/mol. The van der Waals surface area contributed by atoms with Crippen molar-refractivity contribution in [2.24, 2.45) is 0 Å². The fourth-order valence-electron chi connectivity index (χ4n) is 3.92. The van der Waals surface area contributed by atoms with Crippen molar-refractivity contribution in [1.82, 2.24) is 9.88 Å². The van der Waals surface area contributed by atoms with E-state index in [9.17, 15) is 4.79 Å². The minimum absolute atomic E-state index is 0.112. The number of para-hydroxylation sites is 1. The fraction of sp³-hybridized carbons (Fsp3) is 0.391. The summed E-state index contributed by atoms with van der Waals surface area (Å²) in [7, 11) is 0. The van der Waals surface area contributed by atoms with E-state index in [1.165, 1.54) is 32.4 Å². The van der Waals surface area contributed by atoms with E-state index in [-0.39, 0.29) is 5.91 Å². The molecule has 1 aromatic carbocycles. The Morgan fingerprint density at radius 3 is 2.79 bits per heavy atom. The SMILES string of the molecule is CC(CC#CCN1c2ccccc2C(=O)Nc2cccnc21)N1CCCCC1. The number of likely N-dealkylation sites (tertiary alicyclic amines) is 1. The molecule has 2 aliphatic heterocycles. The molecule has 5 nitrogen and oxygen atoms in total. The van der Waals surface area contributed by atoms with Crippen LogP contribution < -0.4 is 10.2 Å². The molecule has 1 saturated heterocycles. The number of aromatic nitrogens is 1. The lowest BCUT2D eigenvalue weighted by molar-refractivity contribution is 0.102. The van der Waals surface area contributed by atoms with Gasteiger partial charge >= 0.3 is 0 Å². The zero-order chi connectivity index (χ0) is 19.3. The van der Waals surface area contributed by atoms with Gasteiger partial charge in [-0.05, 0) is 57.1 Å². The van der Waals surface area contributed by atoms with Crippen LogP contribution in [0.1, 0.15) is 43.0 Å². The smallest absolute Gasteiger partial charge is 0.257 e. The van der Waals surface area contributed by atoms with Crippen molar-refractivity contribution >= 4 is 23.1 Å². The Bertz CT molecular complexity index is 908. The van der Waals surface area contributed by atoms with Crippen molar-refractivity contribution in [3.63, 3.8) is 0 Å². The van der Waals surface area contributed by atoms with Gasteiger partial charge < -0.3 is 10.2 Å². The first-order valence-electron chi connectivity index (χ1n) is 10.1. The average molecular weight is 374 g/mol. The molecule has 4 rings (SSSR count). The van der Waals surface area contributed by atoms with Crippen LogP contribution in [0.2, 0.25) is 0 Å². The Morgan fingerprint density at radius 2 is 1.93 bits per heavy atom. The zero-order valence-corrected chi connectivity index (χ0v) is 16.3. The predicted octanol–water partition coefficient (Wildman–Crippen LogP) is 4.05. The van der Waals surface area contributed by atoms with Crippen molar-refractivity contribution in [1.29, 1.82) is 0 Å². The molecule has 2 aromatic rings. The Hall–Kier alpha value is -2.84. The van der Waals surface area contributed by atoms with Crippen LogP contribution in [0.5, 0.6) is 0 Å². The number of nitrogens with one attached hydrogen (secondary N) is 1. The number of fused-ring (bicyclic) bond motifs is 2. The Kier molecular flexibility index (Phi) is 5.59. The quantitative estimate of drug-likeness (QED) is 0.824. The first-order valence-corrected chi connectivity index (χ1v) is 10.1. The average Bonchev–Trinajstić information content (AvgIpc) is 2.86. The van der Waals surface area contributed by atoms with E-state index in [0.29, 0.717) is 23.8 Å². The summed E-state index contributed by atoms with van der Waals surface area (Å²) in [6.45, 7) is 5.14. The molecule has 0 radical (unpaired) electrons. The lowest BCUT2D eigenvalue weighted by atomic mass is 10.1. The second-order valence-corrected chi connectivity index (χ2v) is 7.44. The van der Waals surface area contributed by atoms with Crippen LogP contribution in [0.15, 0.2) is 42.6 Å². The number of carbonyl (C=O) groups excluding carboxylic acids is 1. The number of rotatable bonds is 3. The highest BCUT2D eigenvalue weighted by atomic mass is 16.1. The van der Waals surface area contributed by atoms with Gasteiger partial charge in [0.15, 0.2) is 5.82 Å². The molecule has 0 aliphatic carbocycles. The van der Waals surface area contributed by atoms with E-state index in [0.717, 1.165) is 17.9 Å². The third kappa shape index (κ3) is 3.88. The monoisotopic (exact) mass is 374 g/mol. The Morgan fingerprint density at radius 1 is 1.11 bits per heavy atom. The summed E-state index contributed by atoms with van der Waals surface area (Å²) >= 11 is 0. The molecule has 1 N–H and O–H groups in total. The van der Waals surface area contributed by atoms with Gasteiger partial charge in [-0.1, -0.05) is 30.4 Å². The molecule has 3 heterocycles. The third-order valence-electron chi connectivity index (χ3n) is 5.50. The van der Waals surface area contributed by atoms with Crippen LogP contribution in [-0.2, 0) is 0 Å². The molecule has 28 heavy (non-hydrogen) atoms. The summed E-state index contributed by atoms with van der Waals surface area (Å²) in [5.74, 6) is 7.30. The molecule has 1 aromatic heterocycles. The summed E-state index contributed by atoms with van der Waals surface area (Å²) in [5.41, 5.74) is 2.20. The standard InChI is InChI=1S/C23H26N4O/c1-18(26-15-6-2-7-16-26)10-5-8-17-27-21-13-4-3-11-19(21)23(28)25-20-12-9-14-24-22(20)27/h3-4,9,11-14,18H,2,6-7,10,15-17H2,1H3,(H,25,28). The lowest BCUT2D eigenvalue weighted by Gasteiger charge is -2.31. The van der Waals surface area contributed by atoms with Crippen LogP contribution >= 0.6 is 0 Å². The molecule has 1 atom stereocenters. The van der Waals surface area contributed by atoms with Crippen LogP contribution in [0, 0.1) is 11.8 Å². The van der Waals surface area contributed by atoms with E-state index in [1.54, 1.807) is 6.20 Å². The van der Waals surface area contributed by atoms with E-state index < -0.39 is 0 Å². The second kappa shape index (κ2) is 8.45. The lowest BCUT2D eigenvalue weighted by Crippen LogP contribution is -2.37. The number of anilines is 3. The fourth-order valence-corrected chi connectivity index (χ4v) is 3.92. The zero-order valence-electron chi connectivity index (χ0n) is 16.3. The molecular formula is C23H26N4O. The molecule has 1 unspecified atom stereocenters. The molecule has 0 saturated carbocycles. The largest absolute Gasteiger partial charge is 0.319 e. The topological polar surface area (TPSA) is 48.5 Å². The van der Waals surface area contributed by atoms with E-state index in [1.807, 2.05) is 41.3 Å². The number of nitrogens with zero attached hydrogens (tertiary/aromatic N) is 3. The van der Waals surface area contributed by atoms with Gasteiger partial charge in [0.05, 0.1) is 23.5 Å².